The molecule has 0 unspecified atom stereocenters. The maximum atomic E-state index is 12.5. The molecule has 0 fully saturated rings. The molecule has 2 aromatic carbocycles. The molecule has 0 aliphatic rings. The van der Waals surface area contributed by atoms with Gasteiger partial charge in [-0.25, -0.2) is 0 Å². The highest BCUT2D eigenvalue weighted by Crippen LogP contribution is 2.17. The summed E-state index contributed by atoms with van der Waals surface area (Å²) in [5.41, 5.74) is 5.05. The summed E-state index contributed by atoms with van der Waals surface area (Å²) >= 11 is 0. The molecular formula is C18H22N2O. The maximum absolute atomic E-state index is 12.5. The summed E-state index contributed by atoms with van der Waals surface area (Å²) in [4.78, 5) is 12.5. The van der Waals surface area contributed by atoms with Crippen molar-refractivity contribution in [2.24, 2.45) is 0 Å². The molecule has 0 aromatic heterocycles. The number of hydrogen-bond acceptors (Lipinski definition) is 2. The lowest BCUT2D eigenvalue weighted by molar-refractivity contribution is 0.102. The third-order valence-electron chi connectivity index (χ3n) is 3.67. The van der Waals surface area contributed by atoms with E-state index in [1.165, 1.54) is 11.1 Å². The number of hydrogen-bond donors (Lipinski definition) is 2. The van der Waals surface area contributed by atoms with Gasteiger partial charge in [0.25, 0.3) is 5.91 Å². The van der Waals surface area contributed by atoms with E-state index in [1.54, 1.807) is 0 Å². The molecule has 2 N–H and O–H groups in total. The SMILES string of the molecule is CNCCc1ccccc1C(=O)Nc1ccc(C)c(C)c1. The molecule has 0 aliphatic carbocycles. The summed E-state index contributed by atoms with van der Waals surface area (Å²) in [6, 6.07) is 13.7. The van der Waals surface area contributed by atoms with Crippen molar-refractivity contribution in [1.82, 2.24) is 5.32 Å². The Labute approximate surface area is 126 Å². The Morgan fingerprint density at radius 1 is 1.05 bits per heavy atom. The van der Waals surface area contributed by atoms with Gasteiger partial charge < -0.3 is 10.6 Å². The van der Waals surface area contributed by atoms with E-state index in [2.05, 4.69) is 17.6 Å². The maximum Gasteiger partial charge on any atom is 0.255 e. The van der Waals surface area contributed by atoms with Gasteiger partial charge in [-0.2, -0.15) is 0 Å². The van der Waals surface area contributed by atoms with Crippen molar-refractivity contribution >= 4 is 11.6 Å². The van der Waals surface area contributed by atoms with Gasteiger partial charge >= 0.3 is 0 Å². The van der Waals surface area contributed by atoms with Crippen molar-refractivity contribution in [2.75, 3.05) is 18.9 Å². The first-order chi connectivity index (χ1) is 10.1. The third-order valence-corrected chi connectivity index (χ3v) is 3.67. The highest BCUT2D eigenvalue weighted by atomic mass is 16.1. The average Bonchev–Trinajstić information content (AvgIpc) is 2.49. The van der Waals surface area contributed by atoms with Crippen LogP contribution < -0.4 is 10.6 Å². The van der Waals surface area contributed by atoms with Crippen molar-refractivity contribution in [3.8, 4) is 0 Å². The number of benzene rings is 2. The van der Waals surface area contributed by atoms with Crippen LogP contribution in [0.5, 0.6) is 0 Å². The average molecular weight is 282 g/mol. The van der Waals surface area contributed by atoms with Gasteiger partial charge in [0, 0.05) is 11.3 Å². The van der Waals surface area contributed by atoms with E-state index in [0.717, 1.165) is 29.8 Å². The summed E-state index contributed by atoms with van der Waals surface area (Å²) in [5, 5.41) is 6.10. The highest BCUT2D eigenvalue weighted by molar-refractivity contribution is 6.05. The van der Waals surface area contributed by atoms with E-state index in [9.17, 15) is 4.79 Å². The summed E-state index contributed by atoms with van der Waals surface area (Å²) in [7, 11) is 1.91. The number of carbonyl (C=O) groups is 1. The molecule has 0 heterocycles. The van der Waals surface area contributed by atoms with Crippen LogP contribution in [0.25, 0.3) is 0 Å². The molecule has 110 valence electrons. The lowest BCUT2D eigenvalue weighted by Gasteiger charge is -2.11. The lowest BCUT2D eigenvalue weighted by Crippen LogP contribution is -2.17. The minimum Gasteiger partial charge on any atom is -0.322 e. The molecule has 0 atom stereocenters. The van der Waals surface area contributed by atoms with Crippen molar-refractivity contribution in [2.45, 2.75) is 20.3 Å². The summed E-state index contributed by atoms with van der Waals surface area (Å²) in [5.74, 6) is -0.0510. The first-order valence-corrected chi connectivity index (χ1v) is 7.23. The highest BCUT2D eigenvalue weighted by Gasteiger charge is 2.11. The zero-order valence-electron chi connectivity index (χ0n) is 12.9. The molecule has 0 spiro atoms. The van der Waals surface area contributed by atoms with Crippen LogP contribution in [0.3, 0.4) is 0 Å². The number of carbonyl (C=O) groups excluding carboxylic acids is 1. The van der Waals surface area contributed by atoms with Crippen molar-refractivity contribution in [3.63, 3.8) is 0 Å². The smallest absolute Gasteiger partial charge is 0.255 e. The van der Waals surface area contributed by atoms with Gasteiger partial charge in [-0.3, -0.25) is 4.79 Å². The zero-order chi connectivity index (χ0) is 15.2. The summed E-state index contributed by atoms with van der Waals surface area (Å²) in [6.07, 6.45) is 0.840. The Morgan fingerprint density at radius 2 is 1.81 bits per heavy atom. The Kier molecular flexibility index (Phi) is 5.12. The van der Waals surface area contributed by atoms with Gasteiger partial charge in [0.2, 0.25) is 0 Å². The van der Waals surface area contributed by atoms with Gasteiger partial charge in [-0.05, 0) is 68.8 Å². The zero-order valence-corrected chi connectivity index (χ0v) is 12.9. The van der Waals surface area contributed by atoms with Gasteiger partial charge in [0.1, 0.15) is 0 Å². The topological polar surface area (TPSA) is 41.1 Å². The second kappa shape index (κ2) is 7.04. The molecule has 0 saturated carbocycles. The van der Waals surface area contributed by atoms with Crippen LogP contribution in [0.15, 0.2) is 42.5 Å². The first-order valence-electron chi connectivity index (χ1n) is 7.23. The number of rotatable bonds is 5. The van der Waals surface area contributed by atoms with E-state index in [4.69, 9.17) is 0 Å². The third kappa shape index (κ3) is 3.92. The van der Waals surface area contributed by atoms with Crippen LogP contribution in [0.1, 0.15) is 27.0 Å². The monoisotopic (exact) mass is 282 g/mol. The Morgan fingerprint density at radius 3 is 2.52 bits per heavy atom. The molecule has 0 aliphatic heterocycles. The van der Waals surface area contributed by atoms with Crippen LogP contribution in [0.4, 0.5) is 5.69 Å². The number of nitrogens with one attached hydrogen (secondary N) is 2. The van der Waals surface area contributed by atoms with Crippen LogP contribution >= 0.6 is 0 Å². The quantitative estimate of drug-likeness (QED) is 0.883. The fourth-order valence-electron chi connectivity index (χ4n) is 2.24. The molecule has 2 rings (SSSR count). The molecule has 1 amide bonds. The summed E-state index contributed by atoms with van der Waals surface area (Å²) in [6.45, 7) is 4.97. The van der Waals surface area contributed by atoms with Crippen molar-refractivity contribution in [1.29, 1.82) is 0 Å². The van der Waals surface area contributed by atoms with Crippen molar-refractivity contribution in [3.05, 3.63) is 64.7 Å². The summed E-state index contributed by atoms with van der Waals surface area (Å²) < 4.78 is 0. The molecule has 2 aromatic rings. The predicted octanol–water partition coefficient (Wildman–Crippen LogP) is 3.32. The van der Waals surface area contributed by atoms with Gasteiger partial charge in [0.05, 0.1) is 0 Å². The second-order valence-electron chi connectivity index (χ2n) is 5.26. The molecule has 21 heavy (non-hydrogen) atoms. The lowest BCUT2D eigenvalue weighted by atomic mass is 10.0. The van der Waals surface area contributed by atoms with Crippen LogP contribution in [0, 0.1) is 13.8 Å². The number of amides is 1. The molecular weight excluding hydrogens is 260 g/mol. The Balaban J connectivity index is 2.18. The number of anilines is 1. The van der Waals surface area contributed by atoms with Crippen molar-refractivity contribution < 1.29 is 4.79 Å². The fourth-order valence-corrected chi connectivity index (χ4v) is 2.24. The molecule has 0 radical (unpaired) electrons. The van der Waals surface area contributed by atoms with E-state index < -0.39 is 0 Å². The second-order valence-corrected chi connectivity index (χ2v) is 5.26. The Bertz CT molecular complexity index is 635. The predicted molar refractivity (Wildman–Crippen MR) is 87.9 cm³/mol. The van der Waals surface area contributed by atoms with Crippen LogP contribution in [-0.2, 0) is 6.42 Å². The standard InChI is InChI=1S/C18H22N2O/c1-13-8-9-16(12-14(13)2)20-18(21)17-7-5-4-6-15(17)10-11-19-3/h4-9,12,19H,10-11H2,1-3H3,(H,20,21). The fraction of sp³-hybridized carbons (Fsp3) is 0.278. The van der Waals surface area contributed by atoms with Crippen LogP contribution in [0.2, 0.25) is 0 Å². The number of likely N-dealkylation sites (N-methyl/N-ethyl adjacent to an activating group) is 1. The van der Waals surface area contributed by atoms with E-state index in [-0.39, 0.29) is 5.91 Å². The minimum atomic E-state index is -0.0510. The molecule has 3 heteroatoms. The number of aryl methyl sites for hydroxylation is 2. The minimum absolute atomic E-state index is 0.0510. The molecule has 0 bridgehead atoms. The van der Waals surface area contributed by atoms with Gasteiger partial charge in [-0.15, -0.1) is 0 Å². The van der Waals surface area contributed by atoms with Gasteiger partial charge in [-0.1, -0.05) is 24.3 Å². The van der Waals surface area contributed by atoms with Gasteiger partial charge in [0.15, 0.2) is 0 Å². The normalized spacial score (nSPS) is 10.4. The van der Waals surface area contributed by atoms with Crippen LogP contribution in [-0.4, -0.2) is 19.5 Å². The van der Waals surface area contributed by atoms with E-state index in [0.29, 0.717) is 0 Å². The molecule has 3 nitrogen and oxygen atoms in total. The van der Waals surface area contributed by atoms with E-state index in [1.807, 2.05) is 56.4 Å². The van der Waals surface area contributed by atoms with E-state index >= 15 is 0 Å². The largest absolute Gasteiger partial charge is 0.322 e. The molecule has 0 saturated heterocycles. The Hall–Kier alpha value is -2.13. The first kappa shape index (κ1) is 15.3.